The van der Waals surface area contributed by atoms with E-state index in [-0.39, 0.29) is 42.6 Å². The van der Waals surface area contributed by atoms with Crippen molar-refractivity contribution >= 4 is 17.8 Å². The Kier molecular flexibility index (Phi) is 4.40. The molecule has 112 valence electrons. The third kappa shape index (κ3) is 2.96. The maximum absolute atomic E-state index is 12.1. The van der Waals surface area contributed by atoms with E-state index in [2.05, 4.69) is 4.74 Å². The number of rotatable bonds is 4. The van der Waals surface area contributed by atoms with Gasteiger partial charge in [0, 0.05) is 11.8 Å². The van der Waals surface area contributed by atoms with Crippen LogP contribution in [0.4, 0.5) is 0 Å². The number of nitrogens with zero attached hydrogens (tertiary/aromatic N) is 1. The van der Waals surface area contributed by atoms with E-state index in [1.165, 1.54) is 12.0 Å². The summed E-state index contributed by atoms with van der Waals surface area (Å²) in [6.45, 7) is 3.75. The topological polar surface area (TPSA) is 63.7 Å². The van der Waals surface area contributed by atoms with E-state index in [1.54, 1.807) is 13.8 Å². The number of benzene rings is 1. The maximum atomic E-state index is 12.1. The minimum atomic E-state index is -0.344. The zero-order valence-corrected chi connectivity index (χ0v) is 12.5. The lowest BCUT2D eigenvalue weighted by Crippen LogP contribution is -2.30. The Morgan fingerprint density at radius 3 is 2.14 bits per heavy atom. The number of hydrogen-bond acceptors (Lipinski definition) is 4. The molecule has 1 saturated heterocycles. The van der Waals surface area contributed by atoms with Gasteiger partial charge in [0.15, 0.2) is 0 Å². The Balaban J connectivity index is 2.22. The third-order valence-electron chi connectivity index (χ3n) is 4.07. The highest BCUT2D eigenvalue weighted by molar-refractivity contribution is 6.04. The third-order valence-corrected chi connectivity index (χ3v) is 4.07. The number of esters is 1. The molecule has 2 atom stereocenters. The second kappa shape index (κ2) is 6.08. The van der Waals surface area contributed by atoms with Gasteiger partial charge in [0.05, 0.1) is 20.1 Å². The molecule has 1 aromatic rings. The highest BCUT2D eigenvalue weighted by Crippen LogP contribution is 2.27. The number of ether oxygens (including phenoxy) is 1. The highest BCUT2D eigenvalue weighted by atomic mass is 16.5. The molecule has 2 unspecified atom stereocenters. The lowest BCUT2D eigenvalue weighted by atomic mass is 10.00. The van der Waals surface area contributed by atoms with E-state index in [0.717, 1.165) is 11.1 Å². The quantitative estimate of drug-likeness (QED) is 0.623. The molecule has 0 aliphatic carbocycles. The van der Waals surface area contributed by atoms with Crippen molar-refractivity contribution in [3.05, 3.63) is 35.4 Å². The lowest BCUT2D eigenvalue weighted by Gasteiger charge is -2.17. The molecule has 1 aliphatic heterocycles. The fourth-order valence-electron chi connectivity index (χ4n) is 2.47. The number of carbonyl (C=O) groups is 3. The predicted octanol–water partition coefficient (Wildman–Crippen LogP) is 1.54. The fraction of sp³-hybridized carbons (Fsp3) is 0.438. The van der Waals surface area contributed by atoms with E-state index in [4.69, 9.17) is 0 Å². The van der Waals surface area contributed by atoms with Gasteiger partial charge in [-0.15, -0.1) is 0 Å². The molecule has 1 aliphatic rings. The molecular formula is C16H19NO4. The average molecular weight is 289 g/mol. The van der Waals surface area contributed by atoms with Gasteiger partial charge in [-0.3, -0.25) is 19.3 Å². The van der Waals surface area contributed by atoms with Crippen LogP contribution in [0.1, 0.15) is 25.0 Å². The van der Waals surface area contributed by atoms with Gasteiger partial charge in [-0.1, -0.05) is 38.1 Å². The van der Waals surface area contributed by atoms with Crippen LogP contribution < -0.4 is 0 Å². The van der Waals surface area contributed by atoms with Gasteiger partial charge in [-0.25, -0.2) is 0 Å². The van der Waals surface area contributed by atoms with Gasteiger partial charge in [-0.2, -0.15) is 0 Å². The van der Waals surface area contributed by atoms with Crippen molar-refractivity contribution in [2.24, 2.45) is 11.8 Å². The van der Waals surface area contributed by atoms with Crippen molar-refractivity contribution in [3.63, 3.8) is 0 Å². The molecule has 0 bridgehead atoms. The first-order valence-corrected chi connectivity index (χ1v) is 6.94. The van der Waals surface area contributed by atoms with Crippen molar-refractivity contribution in [2.45, 2.75) is 26.8 Å². The van der Waals surface area contributed by atoms with Gasteiger partial charge in [-0.05, 0) is 11.1 Å². The highest BCUT2D eigenvalue weighted by Gasteiger charge is 2.42. The van der Waals surface area contributed by atoms with Crippen LogP contribution in [-0.4, -0.2) is 29.8 Å². The normalized spacial score (nSPS) is 21.8. The van der Waals surface area contributed by atoms with Crippen molar-refractivity contribution in [1.82, 2.24) is 4.90 Å². The zero-order chi connectivity index (χ0) is 15.6. The number of amides is 2. The molecule has 0 aromatic heterocycles. The molecule has 0 radical (unpaired) electrons. The standard InChI is InChI=1S/C16H19NO4/c1-10-11(2)16(20)17(15(10)19)9-13-7-5-4-6-12(13)8-14(18)21-3/h4-7,10-11H,8-9H2,1-3H3. The number of imide groups is 1. The van der Waals surface area contributed by atoms with Crippen LogP contribution in [0.15, 0.2) is 24.3 Å². The number of hydrogen-bond donors (Lipinski definition) is 0. The summed E-state index contributed by atoms with van der Waals surface area (Å²) in [4.78, 5) is 37.0. The molecule has 1 aromatic carbocycles. The van der Waals surface area contributed by atoms with E-state index in [0.29, 0.717) is 0 Å². The van der Waals surface area contributed by atoms with Gasteiger partial charge in [0.1, 0.15) is 0 Å². The van der Waals surface area contributed by atoms with Crippen LogP contribution in [0.5, 0.6) is 0 Å². The summed E-state index contributed by atoms with van der Waals surface area (Å²) in [5, 5.41) is 0. The largest absolute Gasteiger partial charge is 0.469 e. The summed E-state index contributed by atoms with van der Waals surface area (Å²) in [6.07, 6.45) is 0.133. The smallest absolute Gasteiger partial charge is 0.309 e. The summed E-state index contributed by atoms with van der Waals surface area (Å²) in [5.74, 6) is -1.22. The first-order valence-electron chi connectivity index (χ1n) is 6.94. The Labute approximate surface area is 123 Å². The van der Waals surface area contributed by atoms with Crippen LogP contribution >= 0.6 is 0 Å². The van der Waals surface area contributed by atoms with E-state index in [9.17, 15) is 14.4 Å². The van der Waals surface area contributed by atoms with Gasteiger partial charge in [0.2, 0.25) is 11.8 Å². The Morgan fingerprint density at radius 1 is 1.10 bits per heavy atom. The minimum Gasteiger partial charge on any atom is -0.469 e. The number of methoxy groups -OCH3 is 1. The van der Waals surface area contributed by atoms with Crippen molar-refractivity contribution in [3.8, 4) is 0 Å². The van der Waals surface area contributed by atoms with E-state index in [1.807, 2.05) is 24.3 Å². The summed E-state index contributed by atoms with van der Waals surface area (Å²) >= 11 is 0. The lowest BCUT2D eigenvalue weighted by molar-refractivity contribution is -0.141. The van der Waals surface area contributed by atoms with Gasteiger partial charge in [0.25, 0.3) is 0 Å². The van der Waals surface area contributed by atoms with Crippen LogP contribution in [0, 0.1) is 11.8 Å². The molecule has 21 heavy (non-hydrogen) atoms. The Morgan fingerprint density at radius 2 is 1.62 bits per heavy atom. The molecule has 5 heteroatoms. The second-order valence-electron chi connectivity index (χ2n) is 5.36. The molecule has 5 nitrogen and oxygen atoms in total. The van der Waals surface area contributed by atoms with E-state index < -0.39 is 0 Å². The zero-order valence-electron chi connectivity index (χ0n) is 12.5. The summed E-state index contributed by atoms with van der Waals surface area (Å²) in [6, 6.07) is 7.28. The Bertz CT molecular complexity index is 561. The summed E-state index contributed by atoms with van der Waals surface area (Å²) in [7, 11) is 1.34. The fourth-order valence-corrected chi connectivity index (χ4v) is 2.47. The van der Waals surface area contributed by atoms with Crippen LogP contribution in [0.25, 0.3) is 0 Å². The summed E-state index contributed by atoms with van der Waals surface area (Å²) in [5.41, 5.74) is 1.57. The monoisotopic (exact) mass is 289 g/mol. The first kappa shape index (κ1) is 15.2. The summed E-state index contributed by atoms with van der Waals surface area (Å²) < 4.78 is 4.67. The number of likely N-dealkylation sites (tertiary alicyclic amines) is 1. The predicted molar refractivity (Wildman–Crippen MR) is 76.0 cm³/mol. The SMILES string of the molecule is COC(=O)Cc1ccccc1CN1C(=O)C(C)C(C)C1=O. The molecule has 0 spiro atoms. The maximum Gasteiger partial charge on any atom is 0.309 e. The van der Waals surface area contributed by atoms with Crippen LogP contribution in [0.3, 0.4) is 0 Å². The molecular weight excluding hydrogens is 270 g/mol. The number of carbonyl (C=O) groups excluding carboxylic acids is 3. The first-order chi connectivity index (χ1) is 9.95. The average Bonchev–Trinajstić information content (AvgIpc) is 2.66. The molecule has 1 heterocycles. The molecule has 2 amide bonds. The van der Waals surface area contributed by atoms with Crippen molar-refractivity contribution < 1.29 is 19.1 Å². The molecule has 0 saturated carbocycles. The van der Waals surface area contributed by atoms with Crippen molar-refractivity contribution in [1.29, 1.82) is 0 Å². The van der Waals surface area contributed by atoms with Crippen LogP contribution in [-0.2, 0) is 32.1 Å². The molecule has 2 rings (SSSR count). The minimum absolute atomic E-state index is 0.133. The van der Waals surface area contributed by atoms with E-state index >= 15 is 0 Å². The second-order valence-corrected chi connectivity index (χ2v) is 5.36. The van der Waals surface area contributed by atoms with Crippen LogP contribution in [0.2, 0.25) is 0 Å². The molecule has 1 fully saturated rings. The Hall–Kier alpha value is -2.17. The van der Waals surface area contributed by atoms with Crippen molar-refractivity contribution in [2.75, 3.05) is 7.11 Å². The molecule has 0 N–H and O–H groups in total. The van der Waals surface area contributed by atoms with Gasteiger partial charge >= 0.3 is 5.97 Å². The van der Waals surface area contributed by atoms with Gasteiger partial charge < -0.3 is 4.74 Å².